The van der Waals surface area contributed by atoms with Gasteiger partial charge in [-0.15, -0.1) is 0 Å². The van der Waals surface area contributed by atoms with Crippen LogP contribution < -0.4 is 20.1 Å². The summed E-state index contributed by atoms with van der Waals surface area (Å²) in [6.07, 6.45) is 0. The van der Waals surface area contributed by atoms with E-state index < -0.39 is 18.5 Å². The van der Waals surface area contributed by atoms with E-state index in [-0.39, 0.29) is 24.8 Å². The van der Waals surface area contributed by atoms with E-state index in [4.69, 9.17) is 14.2 Å². The first-order chi connectivity index (χ1) is 13.0. The number of benzene rings is 2. The lowest BCUT2D eigenvalue weighted by molar-refractivity contribution is -0.124. The van der Waals surface area contributed by atoms with Crippen LogP contribution in [0.5, 0.6) is 11.5 Å². The average molecular weight is 370 g/mol. The Labute approximate surface area is 155 Å². The van der Waals surface area contributed by atoms with Crippen molar-refractivity contribution in [2.24, 2.45) is 0 Å². The van der Waals surface area contributed by atoms with Crippen LogP contribution in [0.3, 0.4) is 0 Å². The molecule has 27 heavy (non-hydrogen) atoms. The Bertz CT molecular complexity index is 863. The minimum absolute atomic E-state index is 0.187. The Balaban J connectivity index is 1.44. The minimum atomic E-state index is -0.623. The molecule has 1 aliphatic heterocycles. The van der Waals surface area contributed by atoms with Gasteiger partial charge in [0.1, 0.15) is 0 Å². The van der Waals surface area contributed by atoms with Gasteiger partial charge in [-0.3, -0.25) is 9.59 Å². The summed E-state index contributed by atoms with van der Waals surface area (Å²) in [6, 6.07) is 11.6. The second-order valence-corrected chi connectivity index (χ2v) is 5.80. The number of hydrogen-bond donors (Lipinski definition) is 2. The van der Waals surface area contributed by atoms with Gasteiger partial charge in [-0.2, -0.15) is 0 Å². The molecular formula is C19H18N2O6. The van der Waals surface area contributed by atoms with Gasteiger partial charge < -0.3 is 24.8 Å². The van der Waals surface area contributed by atoms with Crippen LogP contribution in [0.15, 0.2) is 42.5 Å². The van der Waals surface area contributed by atoms with Crippen molar-refractivity contribution in [3.8, 4) is 11.5 Å². The van der Waals surface area contributed by atoms with E-state index in [9.17, 15) is 14.4 Å². The molecular weight excluding hydrogens is 352 g/mol. The van der Waals surface area contributed by atoms with E-state index in [1.165, 1.54) is 19.1 Å². The standard InChI is InChI=1S/C19H18N2O6/c1-12(22)21-15-5-3-14(4-6-15)19(24)25-10-18(23)20-9-13-2-7-16-17(8-13)27-11-26-16/h2-8H,9-11H2,1H3,(H,20,23)(H,21,22). The predicted octanol–water partition coefficient (Wildman–Crippen LogP) is 1.85. The number of ether oxygens (including phenoxy) is 3. The van der Waals surface area contributed by atoms with Crippen LogP contribution in [-0.2, 0) is 20.9 Å². The predicted molar refractivity (Wildman–Crippen MR) is 95.4 cm³/mol. The number of esters is 1. The number of nitrogens with one attached hydrogen (secondary N) is 2. The SMILES string of the molecule is CC(=O)Nc1ccc(C(=O)OCC(=O)NCc2ccc3c(c2)OCO3)cc1. The van der Waals surface area contributed by atoms with Gasteiger partial charge >= 0.3 is 5.97 Å². The molecule has 140 valence electrons. The highest BCUT2D eigenvalue weighted by Gasteiger charge is 2.14. The van der Waals surface area contributed by atoms with Crippen molar-refractivity contribution < 1.29 is 28.6 Å². The Hall–Kier alpha value is -3.55. The summed E-state index contributed by atoms with van der Waals surface area (Å²) < 4.78 is 15.5. The summed E-state index contributed by atoms with van der Waals surface area (Å²) in [4.78, 5) is 34.8. The van der Waals surface area contributed by atoms with Gasteiger partial charge in [-0.25, -0.2) is 4.79 Å². The number of carbonyl (C=O) groups is 3. The molecule has 8 heteroatoms. The van der Waals surface area contributed by atoms with E-state index in [1.807, 2.05) is 6.07 Å². The summed E-state index contributed by atoms with van der Waals surface area (Å²) in [7, 11) is 0. The first-order valence-electron chi connectivity index (χ1n) is 8.21. The lowest BCUT2D eigenvalue weighted by Gasteiger charge is -2.08. The Morgan fingerprint density at radius 2 is 1.78 bits per heavy atom. The van der Waals surface area contributed by atoms with Crippen LogP contribution in [0.4, 0.5) is 5.69 Å². The topological polar surface area (TPSA) is 103 Å². The summed E-state index contributed by atoms with van der Waals surface area (Å²) in [5.74, 6) is 0.0577. The van der Waals surface area contributed by atoms with E-state index in [1.54, 1.807) is 24.3 Å². The molecule has 1 aliphatic rings. The molecule has 2 amide bonds. The lowest BCUT2D eigenvalue weighted by Crippen LogP contribution is -2.28. The molecule has 0 aliphatic carbocycles. The van der Waals surface area contributed by atoms with Crippen molar-refractivity contribution in [1.82, 2.24) is 5.32 Å². The zero-order chi connectivity index (χ0) is 19.2. The number of fused-ring (bicyclic) bond motifs is 1. The number of carbonyl (C=O) groups excluding carboxylic acids is 3. The van der Waals surface area contributed by atoms with E-state index in [2.05, 4.69) is 10.6 Å². The molecule has 2 N–H and O–H groups in total. The number of rotatable bonds is 6. The van der Waals surface area contributed by atoms with Crippen molar-refractivity contribution in [2.45, 2.75) is 13.5 Å². The molecule has 0 atom stereocenters. The number of anilines is 1. The summed E-state index contributed by atoms with van der Waals surface area (Å²) in [6.45, 7) is 1.46. The molecule has 2 aromatic carbocycles. The highest BCUT2D eigenvalue weighted by molar-refractivity contribution is 5.93. The highest BCUT2D eigenvalue weighted by atomic mass is 16.7. The van der Waals surface area contributed by atoms with Gasteiger partial charge in [0.15, 0.2) is 18.1 Å². The molecule has 3 rings (SSSR count). The Morgan fingerprint density at radius 3 is 2.52 bits per heavy atom. The maximum absolute atomic E-state index is 12.0. The minimum Gasteiger partial charge on any atom is -0.454 e. The number of hydrogen-bond acceptors (Lipinski definition) is 6. The molecule has 0 aromatic heterocycles. The molecule has 0 fully saturated rings. The fraction of sp³-hybridized carbons (Fsp3) is 0.211. The summed E-state index contributed by atoms with van der Waals surface area (Å²) >= 11 is 0. The van der Waals surface area contributed by atoms with Gasteiger partial charge in [0.25, 0.3) is 5.91 Å². The molecule has 0 radical (unpaired) electrons. The van der Waals surface area contributed by atoms with Crippen molar-refractivity contribution >= 4 is 23.5 Å². The molecule has 0 saturated carbocycles. The van der Waals surface area contributed by atoms with Gasteiger partial charge in [-0.05, 0) is 42.0 Å². The molecule has 8 nitrogen and oxygen atoms in total. The first kappa shape index (κ1) is 18.2. The first-order valence-corrected chi connectivity index (χ1v) is 8.21. The van der Waals surface area contributed by atoms with Crippen molar-refractivity contribution in [2.75, 3.05) is 18.7 Å². The number of amides is 2. The second kappa shape index (κ2) is 8.22. The largest absolute Gasteiger partial charge is 0.454 e. The quantitative estimate of drug-likeness (QED) is 0.752. The van der Waals surface area contributed by atoms with Crippen LogP contribution >= 0.6 is 0 Å². The van der Waals surface area contributed by atoms with E-state index in [0.29, 0.717) is 17.2 Å². The van der Waals surface area contributed by atoms with Crippen LogP contribution in [-0.4, -0.2) is 31.2 Å². The van der Waals surface area contributed by atoms with Crippen LogP contribution in [0, 0.1) is 0 Å². The van der Waals surface area contributed by atoms with Gasteiger partial charge in [-0.1, -0.05) is 6.07 Å². The maximum atomic E-state index is 12.0. The summed E-state index contributed by atoms with van der Waals surface area (Å²) in [5.41, 5.74) is 1.70. The van der Waals surface area contributed by atoms with Crippen LogP contribution in [0.25, 0.3) is 0 Å². The van der Waals surface area contributed by atoms with Crippen LogP contribution in [0.2, 0.25) is 0 Å². The Kier molecular flexibility index (Phi) is 5.55. The van der Waals surface area contributed by atoms with Gasteiger partial charge in [0, 0.05) is 19.2 Å². The second-order valence-electron chi connectivity index (χ2n) is 5.80. The van der Waals surface area contributed by atoms with Gasteiger partial charge in [0.2, 0.25) is 12.7 Å². The third-order valence-corrected chi connectivity index (χ3v) is 3.70. The fourth-order valence-electron chi connectivity index (χ4n) is 2.41. The van der Waals surface area contributed by atoms with Crippen LogP contribution in [0.1, 0.15) is 22.8 Å². The summed E-state index contributed by atoms with van der Waals surface area (Å²) in [5, 5.41) is 5.26. The smallest absolute Gasteiger partial charge is 0.338 e. The zero-order valence-corrected chi connectivity index (χ0v) is 14.6. The van der Waals surface area contributed by atoms with Crippen molar-refractivity contribution in [3.05, 3.63) is 53.6 Å². The highest BCUT2D eigenvalue weighted by Crippen LogP contribution is 2.32. The molecule has 0 unspecified atom stereocenters. The Morgan fingerprint density at radius 1 is 1.04 bits per heavy atom. The van der Waals surface area contributed by atoms with E-state index in [0.717, 1.165) is 5.56 Å². The zero-order valence-electron chi connectivity index (χ0n) is 14.6. The van der Waals surface area contributed by atoms with Gasteiger partial charge in [0.05, 0.1) is 5.56 Å². The monoisotopic (exact) mass is 370 g/mol. The molecule has 0 bridgehead atoms. The molecule has 0 spiro atoms. The molecule has 0 saturated heterocycles. The van der Waals surface area contributed by atoms with Crippen molar-refractivity contribution in [3.63, 3.8) is 0 Å². The molecule has 2 aromatic rings. The third kappa shape index (κ3) is 4.97. The molecule has 1 heterocycles. The fourth-order valence-corrected chi connectivity index (χ4v) is 2.41. The van der Waals surface area contributed by atoms with E-state index >= 15 is 0 Å². The van der Waals surface area contributed by atoms with Crippen molar-refractivity contribution in [1.29, 1.82) is 0 Å². The average Bonchev–Trinajstić information content (AvgIpc) is 3.12. The normalized spacial score (nSPS) is 11.6. The third-order valence-electron chi connectivity index (χ3n) is 3.70. The lowest BCUT2D eigenvalue weighted by atomic mass is 10.2. The maximum Gasteiger partial charge on any atom is 0.338 e.